The van der Waals surface area contributed by atoms with Gasteiger partial charge in [0, 0.05) is 13.0 Å². The van der Waals surface area contributed by atoms with Crippen molar-refractivity contribution in [2.45, 2.75) is 12.8 Å². The summed E-state index contributed by atoms with van der Waals surface area (Å²) in [4.78, 5) is 10.8. The lowest BCUT2D eigenvalue weighted by Gasteiger charge is -2.00. The van der Waals surface area contributed by atoms with Crippen LogP contribution >= 0.6 is 11.8 Å². The Balaban J connectivity index is 3.12. The number of unbranched alkanes of at least 4 members (excludes halogenated alkanes) is 1. The summed E-state index contributed by atoms with van der Waals surface area (Å²) in [5, 5.41) is 10.9. The number of hydrogen-bond acceptors (Lipinski definition) is 3. The minimum atomic E-state index is 0.0513. The van der Waals surface area contributed by atoms with E-state index in [-0.39, 0.29) is 5.91 Å². The molecule has 0 heterocycles. The normalized spacial score (nSPS) is 8.73. The summed E-state index contributed by atoms with van der Waals surface area (Å²) in [6, 6.07) is 2.02. The van der Waals surface area contributed by atoms with E-state index in [2.05, 4.69) is 5.32 Å². The zero-order chi connectivity index (χ0) is 8.53. The highest BCUT2D eigenvalue weighted by Crippen LogP contribution is 1.89. The van der Waals surface area contributed by atoms with Crippen molar-refractivity contribution in [3.8, 4) is 6.07 Å². The molecule has 11 heavy (non-hydrogen) atoms. The van der Waals surface area contributed by atoms with Gasteiger partial charge in [0.1, 0.15) is 0 Å². The van der Waals surface area contributed by atoms with Crippen LogP contribution in [0.25, 0.3) is 0 Å². The number of thioether (sulfide) groups is 1. The van der Waals surface area contributed by atoms with Gasteiger partial charge in [0.2, 0.25) is 5.91 Å². The quantitative estimate of drug-likeness (QED) is 0.623. The number of amides is 1. The van der Waals surface area contributed by atoms with Gasteiger partial charge in [0.25, 0.3) is 0 Å². The molecule has 0 aliphatic rings. The van der Waals surface area contributed by atoms with E-state index in [9.17, 15) is 4.79 Å². The molecule has 0 radical (unpaired) electrons. The molecule has 0 aromatic rings. The SMILES string of the molecule is CSCC(=O)NCCCC#N. The van der Waals surface area contributed by atoms with Gasteiger partial charge in [-0.1, -0.05) is 0 Å². The highest BCUT2D eigenvalue weighted by molar-refractivity contribution is 7.99. The van der Waals surface area contributed by atoms with Crippen molar-refractivity contribution in [2.75, 3.05) is 18.6 Å². The van der Waals surface area contributed by atoms with Crippen LogP contribution in [0.4, 0.5) is 0 Å². The summed E-state index contributed by atoms with van der Waals surface area (Å²) in [6.07, 6.45) is 3.14. The molecule has 0 saturated heterocycles. The maximum absolute atomic E-state index is 10.8. The number of nitrogens with one attached hydrogen (secondary N) is 1. The average Bonchev–Trinajstić information content (AvgIpc) is 1.99. The number of nitriles is 1. The van der Waals surface area contributed by atoms with Crippen molar-refractivity contribution in [1.82, 2.24) is 5.32 Å². The lowest BCUT2D eigenvalue weighted by atomic mass is 10.3. The zero-order valence-corrected chi connectivity index (χ0v) is 7.41. The van der Waals surface area contributed by atoms with E-state index >= 15 is 0 Å². The highest BCUT2D eigenvalue weighted by Gasteiger charge is 1.96. The van der Waals surface area contributed by atoms with Crippen LogP contribution in [0.2, 0.25) is 0 Å². The van der Waals surface area contributed by atoms with Gasteiger partial charge in [-0.05, 0) is 12.7 Å². The first-order valence-corrected chi connectivity index (χ1v) is 4.83. The van der Waals surface area contributed by atoms with Crippen molar-refractivity contribution in [3.05, 3.63) is 0 Å². The largest absolute Gasteiger partial charge is 0.355 e. The fourth-order valence-corrected chi connectivity index (χ4v) is 0.942. The van der Waals surface area contributed by atoms with Crippen molar-refractivity contribution in [1.29, 1.82) is 5.26 Å². The minimum absolute atomic E-state index is 0.0513. The van der Waals surface area contributed by atoms with Crippen molar-refractivity contribution < 1.29 is 4.79 Å². The molecule has 0 bridgehead atoms. The van der Waals surface area contributed by atoms with Gasteiger partial charge in [-0.15, -0.1) is 0 Å². The summed E-state index contributed by atoms with van der Waals surface area (Å²) in [5.74, 6) is 0.558. The topological polar surface area (TPSA) is 52.9 Å². The van der Waals surface area contributed by atoms with Gasteiger partial charge in [0.05, 0.1) is 11.8 Å². The van der Waals surface area contributed by atoms with Crippen molar-refractivity contribution in [3.63, 3.8) is 0 Å². The molecule has 0 spiro atoms. The Bertz CT molecular complexity index is 153. The van der Waals surface area contributed by atoms with Gasteiger partial charge in [-0.25, -0.2) is 0 Å². The van der Waals surface area contributed by atoms with Crippen molar-refractivity contribution in [2.24, 2.45) is 0 Å². The van der Waals surface area contributed by atoms with E-state index in [1.165, 1.54) is 11.8 Å². The molecule has 0 aromatic heterocycles. The molecule has 0 aromatic carbocycles. The van der Waals surface area contributed by atoms with Gasteiger partial charge < -0.3 is 5.32 Å². The third-order valence-electron chi connectivity index (χ3n) is 1.06. The molecule has 0 saturated carbocycles. The first-order valence-electron chi connectivity index (χ1n) is 3.44. The number of hydrogen-bond donors (Lipinski definition) is 1. The Morgan fingerprint density at radius 2 is 2.45 bits per heavy atom. The highest BCUT2D eigenvalue weighted by atomic mass is 32.2. The maximum atomic E-state index is 10.8. The van der Waals surface area contributed by atoms with Crippen LogP contribution in [0.1, 0.15) is 12.8 Å². The lowest BCUT2D eigenvalue weighted by molar-refractivity contribution is -0.118. The summed E-state index contributed by atoms with van der Waals surface area (Å²) < 4.78 is 0. The zero-order valence-electron chi connectivity index (χ0n) is 6.59. The van der Waals surface area contributed by atoms with E-state index in [0.29, 0.717) is 18.7 Å². The fraction of sp³-hybridized carbons (Fsp3) is 0.714. The van der Waals surface area contributed by atoms with Crippen LogP contribution in [0.15, 0.2) is 0 Å². The second kappa shape index (κ2) is 7.42. The minimum Gasteiger partial charge on any atom is -0.355 e. The van der Waals surface area contributed by atoms with Crippen LogP contribution in [0.3, 0.4) is 0 Å². The fourth-order valence-electron chi connectivity index (χ4n) is 0.577. The predicted molar refractivity (Wildman–Crippen MR) is 46.2 cm³/mol. The summed E-state index contributed by atoms with van der Waals surface area (Å²) in [5.41, 5.74) is 0. The molecule has 3 nitrogen and oxygen atoms in total. The summed E-state index contributed by atoms with van der Waals surface area (Å²) in [7, 11) is 0. The maximum Gasteiger partial charge on any atom is 0.229 e. The van der Waals surface area contributed by atoms with Crippen LogP contribution in [-0.2, 0) is 4.79 Å². The standard InChI is InChI=1S/C7H12N2OS/c1-11-6-7(10)9-5-3-2-4-8/h2-3,5-6H2,1H3,(H,9,10). The Labute approximate surface area is 71.2 Å². The first kappa shape index (κ1) is 10.3. The molecular weight excluding hydrogens is 160 g/mol. The van der Waals surface area contributed by atoms with Crippen LogP contribution in [-0.4, -0.2) is 24.5 Å². The van der Waals surface area contributed by atoms with Gasteiger partial charge in [-0.3, -0.25) is 4.79 Å². The number of carbonyl (C=O) groups is 1. The van der Waals surface area contributed by atoms with Gasteiger partial charge in [0.15, 0.2) is 0 Å². The molecule has 0 aliphatic heterocycles. The third-order valence-corrected chi connectivity index (χ3v) is 1.61. The molecule has 0 atom stereocenters. The first-order chi connectivity index (χ1) is 5.31. The molecule has 0 unspecified atom stereocenters. The Morgan fingerprint density at radius 3 is 3.00 bits per heavy atom. The predicted octanol–water partition coefficient (Wildman–Crippen LogP) is 0.769. The molecule has 1 amide bonds. The molecule has 4 heteroatoms. The second-order valence-corrected chi connectivity index (χ2v) is 2.91. The van der Waals surface area contributed by atoms with Gasteiger partial charge >= 0.3 is 0 Å². The second-order valence-electron chi connectivity index (χ2n) is 2.04. The van der Waals surface area contributed by atoms with E-state index in [1.807, 2.05) is 12.3 Å². The van der Waals surface area contributed by atoms with E-state index in [1.54, 1.807) is 0 Å². The molecule has 62 valence electrons. The van der Waals surface area contributed by atoms with E-state index in [4.69, 9.17) is 5.26 Å². The Kier molecular flexibility index (Phi) is 6.95. The van der Waals surface area contributed by atoms with E-state index < -0.39 is 0 Å². The van der Waals surface area contributed by atoms with Crippen molar-refractivity contribution >= 4 is 17.7 Å². The lowest BCUT2D eigenvalue weighted by Crippen LogP contribution is -2.25. The molecule has 0 rings (SSSR count). The van der Waals surface area contributed by atoms with E-state index in [0.717, 1.165) is 6.42 Å². The molecule has 0 fully saturated rings. The Morgan fingerprint density at radius 1 is 1.73 bits per heavy atom. The molecule has 1 N–H and O–H groups in total. The van der Waals surface area contributed by atoms with Gasteiger partial charge in [-0.2, -0.15) is 17.0 Å². The summed E-state index contributed by atoms with van der Waals surface area (Å²) >= 11 is 1.50. The molecule has 0 aliphatic carbocycles. The number of rotatable bonds is 5. The third kappa shape index (κ3) is 7.20. The Hall–Kier alpha value is -0.690. The average molecular weight is 172 g/mol. The van der Waals surface area contributed by atoms with Crippen LogP contribution < -0.4 is 5.32 Å². The monoisotopic (exact) mass is 172 g/mol. The number of nitrogens with zero attached hydrogens (tertiary/aromatic N) is 1. The van der Waals surface area contributed by atoms with Crippen LogP contribution in [0, 0.1) is 11.3 Å². The number of carbonyl (C=O) groups excluding carboxylic acids is 1. The smallest absolute Gasteiger partial charge is 0.229 e. The summed E-state index contributed by atoms with van der Waals surface area (Å²) in [6.45, 7) is 0.618. The van der Waals surface area contributed by atoms with Crippen LogP contribution in [0.5, 0.6) is 0 Å². The molecular formula is C7H12N2OS.